The van der Waals surface area contributed by atoms with Crippen LogP contribution in [-0.2, 0) is 9.59 Å². The predicted octanol–water partition coefficient (Wildman–Crippen LogP) is -1.22. The summed E-state index contributed by atoms with van der Waals surface area (Å²) in [5.41, 5.74) is -2.16. The third-order valence-electron chi connectivity index (χ3n) is 1.51. The summed E-state index contributed by atoms with van der Waals surface area (Å²) in [6.07, 6.45) is -1.33. The van der Waals surface area contributed by atoms with Gasteiger partial charge in [-0.1, -0.05) is 0 Å². The Bertz CT molecular complexity index is 202. The van der Waals surface area contributed by atoms with E-state index >= 15 is 0 Å². The van der Waals surface area contributed by atoms with Crippen LogP contribution in [0.4, 0.5) is 0 Å². The molecule has 12 heavy (non-hydrogen) atoms. The average Bonchev–Trinajstić information content (AvgIpc) is 1.84. The lowest BCUT2D eigenvalue weighted by molar-refractivity contribution is -0.158. The fraction of sp³-hybridized carbons (Fsp3) is 0.714. The van der Waals surface area contributed by atoms with E-state index in [9.17, 15) is 14.7 Å². The molecule has 2 unspecified atom stereocenters. The lowest BCUT2D eigenvalue weighted by Gasteiger charge is -2.28. The molecule has 5 nitrogen and oxygen atoms in total. The van der Waals surface area contributed by atoms with Gasteiger partial charge in [-0.05, 0) is 13.8 Å². The van der Waals surface area contributed by atoms with Gasteiger partial charge in [-0.25, -0.2) is 0 Å². The standard InChI is InChI=1S/C7H13NO4/c1-4(9)7(12,5(2)10)8-6(3)11/h4,9,12H,1-3H3,(H,8,11). The predicted molar refractivity (Wildman–Crippen MR) is 41.1 cm³/mol. The highest BCUT2D eigenvalue weighted by Gasteiger charge is 2.38. The van der Waals surface area contributed by atoms with Gasteiger partial charge in [0.15, 0.2) is 5.78 Å². The Hall–Kier alpha value is -0.940. The number of amides is 1. The highest BCUT2D eigenvalue weighted by molar-refractivity contribution is 5.89. The van der Waals surface area contributed by atoms with Gasteiger partial charge in [0.05, 0.1) is 0 Å². The summed E-state index contributed by atoms with van der Waals surface area (Å²) >= 11 is 0. The Kier molecular flexibility index (Phi) is 3.36. The summed E-state index contributed by atoms with van der Waals surface area (Å²) in [5, 5.41) is 20.4. The molecule has 0 aliphatic rings. The smallest absolute Gasteiger partial charge is 0.224 e. The minimum Gasteiger partial charge on any atom is -0.388 e. The van der Waals surface area contributed by atoms with E-state index in [2.05, 4.69) is 0 Å². The van der Waals surface area contributed by atoms with Crippen LogP contribution in [0.1, 0.15) is 20.8 Å². The zero-order chi connectivity index (χ0) is 9.94. The highest BCUT2D eigenvalue weighted by Crippen LogP contribution is 2.07. The topological polar surface area (TPSA) is 86.6 Å². The van der Waals surface area contributed by atoms with Crippen LogP contribution in [0.25, 0.3) is 0 Å². The van der Waals surface area contributed by atoms with Gasteiger partial charge in [-0.3, -0.25) is 9.59 Å². The summed E-state index contributed by atoms with van der Waals surface area (Å²) in [6, 6.07) is 0. The molecule has 1 amide bonds. The van der Waals surface area contributed by atoms with Crippen LogP contribution in [0, 0.1) is 0 Å². The van der Waals surface area contributed by atoms with Crippen molar-refractivity contribution in [1.29, 1.82) is 0 Å². The first-order valence-corrected chi connectivity index (χ1v) is 3.51. The minimum absolute atomic E-state index is 0.575. The van der Waals surface area contributed by atoms with Crippen molar-refractivity contribution >= 4 is 11.7 Å². The van der Waals surface area contributed by atoms with E-state index in [1.54, 1.807) is 0 Å². The van der Waals surface area contributed by atoms with E-state index in [0.717, 1.165) is 13.8 Å². The molecule has 0 radical (unpaired) electrons. The first kappa shape index (κ1) is 11.1. The third-order valence-corrected chi connectivity index (χ3v) is 1.51. The molecule has 0 heterocycles. The van der Waals surface area contributed by atoms with Gasteiger partial charge in [-0.2, -0.15) is 0 Å². The normalized spacial score (nSPS) is 17.8. The Labute approximate surface area is 70.4 Å². The number of nitrogens with one attached hydrogen (secondary N) is 1. The van der Waals surface area contributed by atoms with Gasteiger partial charge in [0.2, 0.25) is 11.6 Å². The minimum atomic E-state index is -2.16. The second-order valence-electron chi connectivity index (χ2n) is 2.68. The van der Waals surface area contributed by atoms with Gasteiger partial charge in [0.1, 0.15) is 6.10 Å². The molecule has 5 heteroatoms. The number of aliphatic hydroxyl groups is 2. The van der Waals surface area contributed by atoms with Gasteiger partial charge in [0, 0.05) is 6.92 Å². The maximum atomic E-state index is 10.8. The number of carbonyl (C=O) groups is 2. The molecule has 0 bridgehead atoms. The Morgan fingerprint density at radius 3 is 1.92 bits per heavy atom. The van der Waals surface area contributed by atoms with Crippen molar-refractivity contribution in [3.63, 3.8) is 0 Å². The molecule has 0 aromatic rings. The molecule has 0 saturated carbocycles. The van der Waals surface area contributed by atoms with Crippen molar-refractivity contribution in [2.24, 2.45) is 0 Å². The number of rotatable bonds is 3. The average molecular weight is 175 g/mol. The quantitative estimate of drug-likeness (QED) is 0.469. The molecular weight excluding hydrogens is 162 g/mol. The van der Waals surface area contributed by atoms with E-state index in [0.29, 0.717) is 0 Å². The molecule has 0 rings (SSSR count). The molecular formula is C7H13NO4. The SMILES string of the molecule is CC(=O)NC(O)(C(C)=O)C(C)O. The highest BCUT2D eigenvalue weighted by atomic mass is 16.4. The van der Waals surface area contributed by atoms with E-state index in [1.807, 2.05) is 5.32 Å². The lowest BCUT2D eigenvalue weighted by atomic mass is 10.0. The van der Waals surface area contributed by atoms with Crippen LogP contribution in [0.2, 0.25) is 0 Å². The molecule has 2 atom stereocenters. The fourth-order valence-corrected chi connectivity index (χ4v) is 0.755. The Balaban J connectivity index is 4.62. The number of hydrogen-bond acceptors (Lipinski definition) is 4. The van der Waals surface area contributed by atoms with Gasteiger partial charge in [0.25, 0.3) is 0 Å². The molecule has 0 aliphatic carbocycles. The maximum absolute atomic E-state index is 10.8. The fourth-order valence-electron chi connectivity index (χ4n) is 0.755. The van der Waals surface area contributed by atoms with Gasteiger partial charge < -0.3 is 15.5 Å². The van der Waals surface area contributed by atoms with Crippen molar-refractivity contribution < 1.29 is 19.8 Å². The van der Waals surface area contributed by atoms with E-state index in [4.69, 9.17) is 5.11 Å². The number of carbonyl (C=O) groups excluding carboxylic acids is 2. The second kappa shape index (κ2) is 3.64. The van der Waals surface area contributed by atoms with E-state index in [-0.39, 0.29) is 0 Å². The Morgan fingerprint density at radius 1 is 1.42 bits per heavy atom. The van der Waals surface area contributed by atoms with Crippen molar-refractivity contribution in [1.82, 2.24) is 5.32 Å². The molecule has 0 aliphatic heterocycles. The largest absolute Gasteiger partial charge is 0.388 e. The van der Waals surface area contributed by atoms with Crippen LogP contribution in [-0.4, -0.2) is 33.7 Å². The summed E-state index contributed by atoms with van der Waals surface area (Å²) < 4.78 is 0. The number of Topliss-reactive ketones (excluding diaryl/α,β-unsaturated/α-hetero) is 1. The number of aliphatic hydroxyl groups excluding tert-OH is 1. The van der Waals surface area contributed by atoms with Crippen LogP contribution < -0.4 is 5.32 Å². The van der Waals surface area contributed by atoms with Gasteiger partial charge >= 0.3 is 0 Å². The van der Waals surface area contributed by atoms with E-state index < -0.39 is 23.5 Å². The van der Waals surface area contributed by atoms with E-state index in [1.165, 1.54) is 6.92 Å². The van der Waals surface area contributed by atoms with Crippen LogP contribution in [0.15, 0.2) is 0 Å². The van der Waals surface area contributed by atoms with Crippen molar-refractivity contribution in [2.75, 3.05) is 0 Å². The third kappa shape index (κ3) is 2.28. The van der Waals surface area contributed by atoms with Crippen molar-refractivity contribution in [3.05, 3.63) is 0 Å². The second-order valence-corrected chi connectivity index (χ2v) is 2.68. The number of ketones is 1. The van der Waals surface area contributed by atoms with Crippen molar-refractivity contribution in [3.8, 4) is 0 Å². The Morgan fingerprint density at radius 2 is 1.83 bits per heavy atom. The molecule has 0 fully saturated rings. The summed E-state index contributed by atoms with van der Waals surface area (Å²) in [5.74, 6) is -1.28. The van der Waals surface area contributed by atoms with Crippen LogP contribution in [0.5, 0.6) is 0 Å². The molecule has 70 valence electrons. The molecule has 0 saturated heterocycles. The zero-order valence-corrected chi connectivity index (χ0v) is 7.29. The monoisotopic (exact) mass is 175 g/mol. The number of hydrogen-bond donors (Lipinski definition) is 3. The summed E-state index contributed by atoms with van der Waals surface area (Å²) in [7, 11) is 0. The molecule has 0 spiro atoms. The molecule has 3 N–H and O–H groups in total. The van der Waals surface area contributed by atoms with Gasteiger partial charge in [-0.15, -0.1) is 0 Å². The lowest BCUT2D eigenvalue weighted by Crippen LogP contribution is -2.60. The molecule has 0 aromatic heterocycles. The first-order valence-electron chi connectivity index (χ1n) is 3.51. The van der Waals surface area contributed by atoms with Crippen LogP contribution >= 0.6 is 0 Å². The maximum Gasteiger partial charge on any atom is 0.224 e. The summed E-state index contributed by atoms with van der Waals surface area (Å²) in [4.78, 5) is 21.4. The molecule has 0 aromatic carbocycles. The zero-order valence-electron chi connectivity index (χ0n) is 7.29. The van der Waals surface area contributed by atoms with Crippen LogP contribution in [0.3, 0.4) is 0 Å². The summed E-state index contributed by atoms with van der Waals surface area (Å²) in [6.45, 7) is 3.45. The first-order chi connectivity index (χ1) is 5.30. The van der Waals surface area contributed by atoms with Crippen molar-refractivity contribution in [2.45, 2.75) is 32.6 Å².